The lowest BCUT2D eigenvalue weighted by atomic mass is 10.1. The Morgan fingerprint density at radius 1 is 1.28 bits per heavy atom. The van der Waals surface area contributed by atoms with Crippen molar-refractivity contribution in [1.29, 1.82) is 0 Å². The van der Waals surface area contributed by atoms with Crippen LogP contribution in [0.1, 0.15) is 23.2 Å². The highest BCUT2D eigenvalue weighted by atomic mass is 16.6. The Labute approximate surface area is 145 Å². The molecule has 0 saturated carbocycles. The average Bonchev–Trinajstić information content (AvgIpc) is 3.11. The van der Waals surface area contributed by atoms with Gasteiger partial charge in [0.05, 0.1) is 17.6 Å². The zero-order chi connectivity index (χ0) is 17.8. The minimum absolute atomic E-state index is 0.0958. The summed E-state index contributed by atoms with van der Waals surface area (Å²) in [6.07, 6.45) is 1.57. The smallest absolute Gasteiger partial charge is 0.293 e. The van der Waals surface area contributed by atoms with Crippen LogP contribution in [0.3, 0.4) is 0 Å². The third-order valence-corrected chi connectivity index (χ3v) is 4.34. The number of nitrogens with zero attached hydrogens (tertiary/aromatic N) is 2. The zero-order valence-electron chi connectivity index (χ0n) is 13.6. The molecule has 0 unspecified atom stereocenters. The summed E-state index contributed by atoms with van der Waals surface area (Å²) in [5.74, 6) is -0.286. The first-order chi connectivity index (χ1) is 12.1. The molecule has 7 heteroatoms. The Kier molecular flexibility index (Phi) is 4.95. The number of amides is 1. The number of nitrogens with one attached hydrogen (secondary N) is 1. The first kappa shape index (κ1) is 16.9. The highest BCUT2D eigenvalue weighted by Crippen LogP contribution is 2.30. The number of aliphatic hydroxyl groups excluding tert-OH is 1. The van der Waals surface area contributed by atoms with Gasteiger partial charge in [0.15, 0.2) is 0 Å². The second kappa shape index (κ2) is 7.31. The lowest BCUT2D eigenvalue weighted by Crippen LogP contribution is -2.37. The van der Waals surface area contributed by atoms with Crippen LogP contribution in [0.25, 0.3) is 0 Å². The van der Waals surface area contributed by atoms with Crippen molar-refractivity contribution in [1.82, 2.24) is 4.90 Å². The predicted octanol–water partition coefficient (Wildman–Crippen LogP) is 2.94. The summed E-state index contributed by atoms with van der Waals surface area (Å²) in [7, 11) is 0. The maximum absolute atomic E-state index is 12.6. The molecule has 0 radical (unpaired) electrons. The number of rotatable bonds is 5. The number of likely N-dealkylation sites (tertiary alicyclic amines) is 1. The highest BCUT2D eigenvalue weighted by Gasteiger charge is 2.30. The second-order valence-electron chi connectivity index (χ2n) is 5.96. The molecule has 2 aromatic rings. The van der Waals surface area contributed by atoms with E-state index in [9.17, 15) is 20.0 Å². The van der Waals surface area contributed by atoms with E-state index in [0.29, 0.717) is 12.2 Å². The predicted molar refractivity (Wildman–Crippen MR) is 94.0 cm³/mol. The molecule has 1 saturated heterocycles. The molecule has 1 heterocycles. The van der Waals surface area contributed by atoms with Gasteiger partial charge in [-0.1, -0.05) is 18.2 Å². The number of hydrogen-bond donors (Lipinski definition) is 2. The molecule has 3 rings (SSSR count). The largest absolute Gasteiger partial charge is 0.394 e. The number of para-hydroxylation sites is 1. The quantitative estimate of drug-likeness (QED) is 0.644. The van der Waals surface area contributed by atoms with Crippen molar-refractivity contribution in [3.8, 4) is 0 Å². The Morgan fingerprint density at radius 2 is 2.04 bits per heavy atom. The Morgan fingerprint density at radius 3 is 2.72 bits per heavy atom. The van der Waals surface area contributed by atoms with E-state index in [1.54, 1.807) is 29.2 Å². The van der Waals surface area contributed by atoms with Crippen LogP contribution in [0.5, 0.6) is 0 Å². The Balaban J connectivity index is 1.89. The van der Waals surface area contributed by atoms with Crippen LogP contribution in [0.15, 0.2) is 48.5 Å². The third kappa shape index (κ3) is 3.61. The maximum atomic E-state index is 12.6. The summed E-state index contributed by atoms with van der Waals surface area (Å²) in [5.41, 5.74) is 1.15. The molecule has 1 aliphatic rings. The van der Waals surface area contributed by atoms with Crippen molar-refractivity contribution in [2.45, 2.75) is 18.9 Å². The number of carbonyl (C=O) groups excluding carboxylic acids is 1. The summed E-state index contributed by atoms with van der Waals surface area (Å²) in [5, 5.41) is 23.8. The van der Waals surface area contributed by atoms with Crippen molar-refractivity contribution in [2.75, 3.05) is 18.5 Å². The van der Waals surface area contributed by atoms with E-state index in [-0.39, 0.29) is 29.8 Å². The van der Waals surface area contributed by atoms with Gasteiger partial charge in [0, 0.05) is 23.9 Å². The first-order valence-electron chi connectivity index (χ1n) is 8.12. The van der Waals surface area contributed by atoms with E-state index in [1.165, 1.54) is 6.07 Å². The van der Waals surface area contributed by atoms with E-state index in [2.05, 4.69) is 5.32 Å². The number of benzene rings is 2. The van der Waals surface area contributed by atoms with Crippen LogP contribution >= 0.6 is 0 Å². The van der Waals surface area contributed by atoms with Crippen LogP contribution in [0, 0.1) is 10.1 Å². The summed E-state index contributed by atoms with van der Waals surface area (Å²) in [6.45, 7) is 0.462. The van der Waals surface area contributed by atoms with E-state index < -0.39 is 4.92 Å². The van der Waals surface area contributed by atoms with Crippen LogP contribution in [0.2, 0.25) is 0 Å². The molecule has 2 aromatic carbocycles. The van der Waals surface area contributed by atoms with E-state index >= 15 is 0 Å². The lowest BCUT2D eigenvalue weighted by molar-refractivity contribution is -0.383. The topological polar surface area (TPSA) is 95.7 Å². The van der Waals surface area contributed by atoms with Crippen molar-refractivity contribution >= 4 is 23.0 Å². The second-order valence-corrected chi connectivity index (χ2v) is 5.96. The first-order valence-corrected chi connectivity index (χ1v) is 8.12. The minimum Gasteiger partial charge on any atom is -0.394 e. The molecular formula is C18H19N3O4. The molecule has 0 aromatic heterocycles. The summed E-state index contributed by atoms with van der Waals surface area (Å²) in [6, 6.07) is 13.3. The van der Waals surface area contributed by atoms with Crippen LogP contribution in [-0.4, -0.2) is 40.0 Å². The van der Waals surface area contributed by atoms with E-state index in [1.807, 2.05) is 18.2 Å². The van der Waals surface area contributed by atoms with Crippen molar-refractivity contribution in [3.63, 3.8) is 0 Å². The zero-order valence-corrected chi connectivity index (χ0v) is 13.6. The van der Waals surface area contributed by atoms with E-state index in [4.69, 9.17) is 0 Å². The van der Waals surface area contributed by atoms with Crippen molar-refractivity contribution in [3.05, 3.63) is 64.2 Å². The van der Waals surface area contributed by atoms with Crippen molar-refractivity contribution in [2.24, 2.45) is 0 Å². The van der Waals surface area contributed by atoms with Gasteiger partial charge in [-0.15, -0.1) is 0 Å². The van der Waals surface area contributed by atoms with Gasteiger partial charge in [-0.2, -0.15) is 0 Å². The highest BCUT2D eigenvalue weighted by molar-refractivity contribution is 5.96. The van der Waals surface area contributed by atoms with Crippen LogP contribution < -0.4 is 5.32 Å². The molecule has 2 N–H and O–H groups in total. The van der Waals surface area contributed by atoms with Gasteiger partial charge >= 0.3 is 0 Å². The number of anilines is 2. The fourth-order valence-electron chi connectivity index (χ4n) is 3.06. The minimum atomic E-state index is -0.504. The molecule has 1 aliphatic heterocycles. The molecule has 130 valence electrons. The summed E-state index contributed by atoms with van der Waals surface area (Å²) >= 11 is 0. The summed E-state index contributed by atoms with van der Waals surface area (Å²) < 4.78 is 0. The van der Waals surface area contributed by atoms with Crippen molar-refractivity contribution < 1.29 is 14.8 Å². The number of carbonyl (C=O) groups is 1. The standard InChI is InChI=1S/C18H19N3O4/c22-12-15-7-4-10-20(15)18(23)13-8-9-16(17(11-13)21(24)25)19-14-5-2-1-3-6-14/h1-3,5-6,8-9,11,15,19,22H,4,7,10,12H2/t15-/m1/s1. The molecule has 0 aliphatic carbocycles. The molecule has 1 fully saturated rings. The monoisotopic (exact) mass is 341 g/mol. The molecule has 25 heavy (non-hydrogen) atoms. The van der Waals surface area contributed by atoms with Crippen LogP contribution in [-0.2, 0) is 0 Å². The molecule has 1 amide bonds. The Bertz CT molecular complexity index is 779. The average molecular weight is 341 g/mol. The Hall–Kier alpha value is -2.93. The van der Waals surface area contributed by atoms with E-state index in [0.717, 1.165) is 18.5 Å². The summed E-state index contributed by atoms with van der Waals surface area (Å²) in [4.78, 5) is 25.1. The maximum Gasteiger partial charge on any atom is 0.293 e. The number of aliphatic hydroxyl groups is 1. The third-order valence-electron chi connectivity index (χ3n) is 4.34. The van der Waals surface area contributed by atoms with Gasteiger partial charge in [0.2, 0.25) is 0 Å². The SMILES string of the molecule is O=C(c1ccc(Nc2ccccc2)c([N+](=O)[O-])c1)N1CCC[C@@H]1CO. The van der Waals surface area contributed by atoms with Gasteiger partial charge in [0.25, 0.3) is 11.6 Å². The number of hydrogen-bond acceptors (Lipinski definition) is 5. The molecule has 0 bridgehead atoms. The van der Waals surface area contributed by atoms with Gasteiger partial charge in [-0.05, 0) is 37.1 Å². The molecular weight excluding hydrogens is 322 g/mol. The molecule has 7 nitrogen and oxygen atoms in total. The van der Waals surface area contributed by atoms with Gasteiger partial charge < -0.3 is 15.3 Å². The van der Waals surface area contributed by atoms with Gasteiger partial charge in [-0.3, -0.25) is 14.9 Å². The number of nitro groups is 1. The van der Waals surface area contributed by atoms with Crippen LogP contribution in [0.4, 0.5) is 17.1 Å². The number of nitro benzene ring substituents is 1. The molecule has 0 spiro atoms. The van der Waals surface area contributed by atoms with Gasteiger partial charge in [0.1, 0.15) is 5.69 Å². The van der Waals surface area contributed by atoms with Gasteiger partial charge in [-0.25, -0.2) is 0 Å². The fourth-order valence-corrected chi connectivity index (χ4v) is 3.06. The lowest BCUT2D eigenvalue weighted by Gasteiger charge is -2.23. The fraction of sp³-hybridized carbons (Fsp3) is 0.278. The molecule has 1 atom stereocenters. The normalized spacial score (nSPS) is 16.7.